The van der Waals surface area contributed by atoms with Gasteiger partial charge in [0.15, 0.2) is 0 Å². The number of ether oxygens (including phenoxy) is 1. The van der Waals surface area contributed by atoms with Crippen molar-refractivity contribution >= 4 is 11.5 Å². The lowest BCUT2D eigenvalue weighted by atomic mass is 9.98. The highest BCUT2D eigenvalue weighted by atomic mass is 16.5. The van der Waals surface area contributed by atoms with Crippen molar-refractivity contribution in [3.05, 3.63) is 78.1 Å². The first-order valence-corrected chi connectivity index (χ1v) is 9.12. The minimum absolute atomic E-state index is 0.247. The summed E-state index contributed by atoms with van der Waals surface area (Å²) in [6, 6.07) is 20.4. The number of hydrogen-bond acceptors (Lipinski definition) is 3. The van der Waals surface area contributed by atoms with E-state index in [0.717, 1.165) is 42.6 Å². The van der Waals surface area contributed by atoms with Gasteiger partial charge in [0, 0.05) is 18.7 Å². The van der Waals surface area contributed by atoms with Gasteiger partial charge in [-0.15, -0.1) is 0 Å². The van der Waals surface area contributed by atoms with Crippen molar-refractivity contribution in [3.63, 3.8) is 0 Å². The molecule has 0 bridgehead atoms. The molecule has 0 saturated carbocycles. The van der Waals surface area contributed by atoms with Crippen LogP contribution in [-0.2, 0) is 9.53 Å². The molecule has 1 N–H and O–H groups in total. The molecule has 1 aliphatic heterocycles. The molecule has 136 valence electrons. The highest BCUT2D eigenvalue weighted by Gasteiger charge is 2.24. The Labute approximate surface area is 154 Å². The van der Waals surface area contributed by atoms with E-state index in [1.165, 1.54) is 0 Å². The van der Waals surface area contributed by atoms with Gasteiger partial charge in [-0.2, -0.15) is 0 Å². The van der Waals surface area contributed by atoms with Crippen LogP contribution in [0.5, 0.6) is 0 Å². The molecule has 0 amide bonds. The van der Waals surface area contributed by atoms with Crippen LogP contribution in [0, 0.1) is 5.92 Å². The number of rotatable bonds is 7. The standard InChI is InChI=1S/C22H25NO3/c24-22(25)20-12-7-13-23(16-20)14-15-26-17-21(18-8-3-1-4-9-18)19-10-5-2-6-11-19/h1-6,8-11,17,20H,7,12-16H2,(H,24,25). The van der Waals surface area contributed by atoms with Gasteiger partial charge >= 0.3 is 5.97 Å². The topological polar surface area (TPSA) is 49.8 Å². The van der Waals surface area contributed by atoms with Crippen molar-refractivity contribution in [1.29, 1.82) is 0 Å². The van der Waals surface area contributed by atoms with E-state index in [9.17, 15) is 9.90 Å². The number of carbonyl (C=O) groups is 1. The van der Waals surface area contributed by atoms with Crippen LogP contribution in [0.25, 0.3) is 5.57 Å². The first-order valence-electron chi connectivity index (χ1n) is 9.12. The fraction of sp³-hybridized carbons (Fsp3) is 0.318. The predicted octanol–water partition coefficient (Wildman–Crippen LogP) is 3.89. The Morgan fingerprint density at radius 1 is 1.08 bits per heavy atom. The van der Waals surface area contributed by atoms with Gasteiger partial charge in [0.25, 0.3) is 0 Å². The summed E-state index contributed by atoms with van der Waals surface area (Å²) in [6.45, 7) is 2.86. The van der Waals surface area contributed by atoms with Gasteiger partial charge in [-0.05, 0) is 30.5 Å². The molecule has 1 atom stereocenters. The molecule has 0 aliphatic carbocycles. The van der Waals surface area contributed by atoms with Crippen molar-refractivity contribution in [2.75, 3.05) is 26.2 Å². The third-order valence-corrected chi connectivity index (χ3v) is 4.75. The molecule has 1 aliphatic rings. The summed E-state index contributed by atoms with van der Waals surface area (Å²) in [5, 5.41) is 9.19. The number of aliphatic carboxylic acids is 1. The molecular formula is C22H25NO3. The summed E-state index contributed by atoms with van der Waals surface area (Å²) >= 11 is 0. The van der Waals surface area contributed by atoms with Crippen molar-refractivity contribution in [3.8, 4) is 0 Å². The summed E-state index contributed by atoms with van der Waals surface area (Å²) < 4.78 is 5.85. The smallest absolute Gasteiger partial charge is 0.307 e. The van der Waals surface area contributed by atoms with Crippen LogP contribution in [0.1, 0.15) is 24.0 Å². The lowest BCUT2D eigenvalue weighted by molar-refractivity contribution is -0.143. The van der Waals surface area contributed by atoms with Gasteiger partial charge < -0.3 is 9.84 Å². The second kappa shape index (κ2) is 9.20. The van der Waals surface area contributed by atoms with Crippen LogP contribution < -0.4 is 0 Å². The van der Waals surface area contributed by atoms with Crippen LogP contribution in [0.3, 0.4) is 0 Å². The molecule has 3 rings (SSSR count). The Morgan fingerprint density at radius 2 is 1.69 bits per heavy atom. The van der Waals surface area contributed by atoms with E-state index in [-0.39, 0.29) is 5.92 Å². The van der Waals surface area contributed by atoms with E-state index >= 15 is 0 Å². The number of benzene rings is 2. The average Bonchev–Trinajstić information content (AvgIpc) is 2.69. The van der Waals surface area contributed by atoms with Crippen molar-refractivity contribution in [2.24, 2.45) is 5.92 Å². The number of carboxylic acids is 1. The highest BCUT2D eigenvalue weighted by Crippen LogP contribution is 2.23. The van der Waals surface area contributed by atoms with Gasteiger partial charge in [0.05, 0.1) is 12.2 Å². The molecule has 1 heterocycles. The Balaban J connectivity index is 1.61. The van der Waals surface area contributed by atoms with Gasteiger partial charge in [0.2, 0.25) is 0 Å². The molecule has 1 fully saturated rings. The first kappa shape index (κ1) is 18.2. The van der Waals surface area contributed by atoms with E-state index < -0.39 is 5.97 Å². The molecule has 0 spiro atoms. The Hall–Kier alpha value is -2.59. The van der Waals surface area contributed by atoms with Crippen molar-refractivity contribution < 1.29 is 14.6 Å². The van der Waals surface area contributed by atoms with Crippen molar-refractivity contribution in [2.45, 2.75) is 12.8 Å². The van der Waals surface area contributed by atoms with E-state index in [1.807, 2.05) is 42.7 Å². The molecule has 2 aromatic carbocycles. The minimum atomic E-state index is -0.689. The maximum absolute atomic E-state index is 11.2. The number of likely N-dealkylation sites (tertiary alicyclic amines) is 1. The van der Waals surface area contributed by atoms with Gasteiger partial charge in [-0.1, -0.05) is 60.7 Å². The predicted molar refractivity (Wildman–Crippen MR) is 103 cm³/mol. The molecular weight excluding hydrogens is 326 g/mol. The zero-order valence-electron chi connectivity index (χ0n) is 14.9. The van der Waals surface area contributed by atoms with Crippen molar-refractivity contribution in [1.82, 2.24) is 4.90 Å². The van der Waals surface area contributed by atoms with Crippen LogP contribution in [0.15, 0.2) is 66.9 Å². The lowest BCUT2D eigenvalue weighted by Gasteiger charge is -2.30. The zero-order valence-corrected chi connectivity index (χ0v) is 14.9. The minimum Gasteiger partial charge on any atom is -0.499 e. The number of carboxylic acid groups (broad SMARTS) is 1. The Kier molecular flexibility index (Phi) is 6.45. The third-order valence-electron chi connectivity index (χ3n) is 4.75. The largest absolute Gasteiger partial charge is 0.499 e. The summed E-state index contributed by atoms with van der Waals surface area (Å²) in [6.07, 6.45) is 3.54. The van der Waals surface area contributed by atoms with Crippen LogP contribution in [-0.4, -0.2) is 42.2 Å². The van der Waals surface area contributed by atoms with Crippen LogP contribution in [0.4, 0.5) is 0 Å². The molecule has 1 saturated heterocycles. The third kappa shape index (κ3) is 4.96. The number of piperidine rings is 1. The summed E-state index contributed by atoms with van der Waals surface area (Å²) in [5.41, 5.74) is 3.28. The maximum atomic E-state index is 11.2. The Bertz CT molecular complexity index is 686. The van der Waals surface area contributed by atoms with E-state index in [2.05, 4.69) is 29.2 Å². The lowest BCUT2D eigenvalue weighted by Crippen LogP contribution is -2.40. The maximum Gasteiger partial charge on any atom is 0.307 e. The molecule has 4 heteroatoms. The molecule has 0 aromatic heterocycles. The normalized spacial score (nSPS) is 17.5. The average molecular weight is 351 g/mol. The number of hydrogen-bond donors (Lipinski definition) is 1. The van der Waals surface area contributed by atoms with Gasteiger partial charge in [-0.25, -0.2) is 0 Å². The second-order valence-corrected chi connectivity index (χ2v) is 6.61. The zero-order chi connectivity index (χ0) is 18.2. The fourth-order valence-corrected chi connectivity index (χ4v) is 3.32. The summed E-state index contributed by atoms with van der Waals surface area (Å²) in [4.78, 5) is 13.3. The monoisotopic (exact) mass is 351 g/mol. The molecule has 0 radical (unpaired) electrons. The van der Waals surface area contributed by atoms with Crippen LogP contribution >= 0.6 is 0 Å². The van der Waals surface area contributed by atoms with E-state index in [1.54, 1.807) is 0 Å². The second-order valence-electron chi connectivity index (χ2n) is 6.61. The summed E-state index contributed by atoms with van der Waals surface area (Å²) in [7, 11) is 0. The van der Waals surface area contributed by atoms with E-state index in [4.69, 9.17) is 4.74 Å². The summed E-state index contributed by atoms with van der Waals surface area (Å²) in [5.74, 6) is -0.936. The highest BCUT2D eigenvalue weighted by molar-refractivity contribution is 5.78. The van der Waals surface area contributed by atoms with Gasteiger partial charge in [0.1, 0.15) is 6.61 Å². The molecule has 2 aromatic rings. The quantitative estimate of drug-likeness (QED) is 0.607. The Morgan fingerprint density at radius 3 is 2.27 bits per heavy atom. The molecule has 26 heavy (non-hydrogen) atoms. The van der Waals surface area contributed by atoms with E-state index in [0.29, 0.717) is 13.2 Å². The fourth-order valence-electron chi connectivity index (χ4n) is 3.32. The molecule has 4 nitrogen and oxygen atoms in total. The SMILES string of the molecule is O=C(O)C1CCCN(CCOC=C(c2ccccc2)c2ccccc2)C1. The number of nitrogens with zero attached hydrogens (tertiary/aromatic N) is 1. The molecule has 1 unspecified atom stereocenters. The van der Waals surface area contributed by atoms with Gasteiger partial charge in [-0.3, -0.25) is 9.69 Å². The van der Waals surface area contributed by atoms with Crippen LogP contribution in [0.2, 0.25) is 0 Å². The first-order chi connectivity index (χ1) is 12.7.